The van der Waals surface area contributed by atoms with Gasteiger partial charge in [-0.05, 0) is 66.0 Å². The number of carbonyl (C=O) groups is 3. The van der Waals surface area contributed by atoms with Gasteiger partial charge < -0.3 is 14.2 Å². The Hall–Kier alpha value is -4.56. The molecule has 0 saturated carbocycles. The van der Waals surface area contributed by atoms with Crippen molar-refractivity contribution in [2.45, 2.75) is 6.92 Å². The van der Waals surface area contributed by atoms with Gasteiger partial charge in [0.15, 0.2) is 11.5 Å². The van der Waals surface area contributed by atoms with Crippen LogP contribution in [0.25, 0.3) is 16.8 Å². The van der Waals surface area contributed by atoms with Gasteiger partial charge in [-0.25, -0.2) is 4.79 Å². The molecule has 0 atom stereocenters. The lowest BCUT2D eigenvalue weighted by Crippen LogP contribution is -2.32. The van der Waals surface area contributed by atoms with Crippen molar-refractivity contribution in [3.05, 3.63) is 107 Å². The molecule has 0 bridgehead atoms. The number of fused-ring (bicyclic) bond motifs is 1. The Morgan fingerprint density at radius 1 is 0.897 bits per heavy atom. The van der Waals surface area contributed by atoms with Gasteiger partial charge >= 0.3 is 5.97 Å². The van der Waals surface area contributed by atoms with Crippen molar-refractivity contribution >= 4 is 45.7 Å². The third-order valence-corrected chi connectivity index (χ3v) is 7.08. The van der Waals surface area contributed by atoms with Crippen LogP contribution in [0, 0.1) is 6.92 Å². The number of carbonyl (C=O) groups excluding carboxylic acids is 3. The number of rotatable bonds is 8. The number of amides is 2. The van der Waals surface area contributed by atoms with Gasteiger partial charge in [0.2, 0.25) is 0 Å². The van der Waals surface area contributed by atoms with Gasteiger partial charge in [0.1, 0.15) is 12.4 Å². The van der Waals surface area contributed by atoms with Gasteiger partial charge in [0.25, 0.3) is 11.1 Å². The number of esters is 1. The molecule has 196 valence electrons. The van der Waals surface area contributed by atoms with E-state index in [-0.39, 0.29) is 29.0 Å². The van der Waals surface area contributed by atoms with E-state index in [0.29, 0.717) is 22.6 Å². The van der Waals surface area contributed by atoms with E-state index in [1.807, 2.05) is 61.5 Å². The van der Waals surface area contributed by atoms with E-state index < -0.39 is 11.9 Å². The third-order valence-electron chi connectivity index (χ3n) is 6.17. The minimum Gasteiger partial charge on any atom is -0.493 e. The average molecular weight is 540 g/mol. The molecule has 1 fully saturated rings. The van der Waals surface area contributed by atoms with E-state index in [2.05, 4.69) is 0 Å². The number of hydrogen-bond acceptors (Lipinski definition) is 7. The second-order valence-electron chi connectivity index (χ2n) is 8.82. The maximum absolute atomic E-state index is 13.0. The van der Waals surface area contributed by atoms with Crippen molar-refractivity contribution in [1.29, 1.82) is 0 Å². The summed E-state index contributed by atoms with van der Waals surface area (Å²) in [6.07, 6.45) is 1.60. The zero-order chi connectivity index (χ0) is 27.4. The van der Waals surface area contributed by atoms with Crippen LogP contribution in [0.4, 0.5) is 4.79 Å². The highest BCUT2D eigenvalue weighted by atomic mass is 32.2. The van der Waals surface area contributed by atoms with Crippen molar-refractivity contribution in [2.75, 3.05) is 20.3 Å². The third kappa shape index (κ3) is 5.81. The molecule has 1 heterocycles. The van der Waals surface area contributed by atoms with Crippen molar-refractivity contribution in [3.63, 3.8) is 0 Å². The first-order valence-corrected chi connectivity index (χ1v) is 13.1. The molecule has 7 nitrogen and oxygen atoms in total. The van der Waals surface area contributed by atoms with Crippen molar-refractivity contribution in [2.24, 2.45) is 0 Å². The van der Waals surface area contributed by atoms with E-state index in [1.54, 1.807) is 36.4 Å². The molecule has 4 aromatic rings. The van der Waals surface area contributed by atoms with Gasteiger partial charge in [-0.1, -0.05) is 60.2 Å². The summed E-state index contributed by atoms with van der Waals surface area (Å²) in [6.45, 7) is 2.22. The SMILES string of the molecule is COc1ccc(/C=C2\SC(=O)N(CCOc3cccc4ccccc34)C2=O)cc1OC(=O)c1ccc(C)cc1. The minimum absolute atomic E-state index is 0.118. The standard InChI is InChI=1S/C31H25NO6S/c1-20-10-13-23(14-11-20)30(34)38-27-18-21(12-15-26(27)36-2)19-28-29(33)32(31(35)39-28)16-17-37-25-9-5-7-22-6-3-4-8-24(22)25/h3-15,18-19H,16-17H2,1-2H3/b28-19-. The number of nitrogens with zero attached hydrogens (tertiary/aromatic N) is 1. The summed E-state index contributed by atoms with van der Waals surface area (Å²) in [4.78, 5) is 39.7. The minimum atomic E-state index is -0.531. The zero-order valence-electron chi connectivity index (χ0n) is 21.4. The summed E-state index contributed by atoms with van der Waals surface area (Å²) < 4.78 is 16.8. The van der Waals surface area contributed by atoms with E-state index in [9.17, 15) is 14.4 Å². The van der Waals surface area contributed by atoms with Crippen LogP contribution in [0.1, 0.15) is 21.5 Å². The molecule has 1 aliphatic heterocycles. The summed E-state index contributed by atoms with van der Waals surface area (Å²) in [7, 11) is 1.48. The molecular weight excluding hydrogens is 514 g/mol. The summed E-state index contributed by atoms with van der Waals surface area (Å²) >= 11 is 0.857. The van der Waals surface area contributed by atoms with Crippen LogP contribution in [-0.2, 0) is 4.79 Å². The molecule has 5 rings (SSSR count). The normalized spacial score (nSPS) is 14.2. The predicted octanol–water partition coefficient (Wildman–Crippen LogP) is 6.49. The van der Waals surface area contributed by atoms with Gasteiger partial charge in [-0.3, -0.25) is 14.5 Å². The topological polar surface area (TPSA) is 82.1 Å². The molecule has 0 N–H and O–H groups in total. The summed E-state index contributed by atoms with van der Waals surface area (Å²) in [5.41, 5.74) is 2.01. The fraction of sp³-hybridized carbons (Fsp3) is 0.129. The first-order chi connectivity index (χ1) is 18.9. The maximum Gasteiger partial charge on any atom is 0.343 e. The van der Waals surface area contributed by atoms with Crippen LogP contribution in [0.2, 0.25) is 0 Å². The lowest BCUT2D eigenvalue weighted by atomic mass is 10.1. The fourth-order valence-corrected chi connectivity index (χ4v) is 4.99. The van der Waals surface area contributed by atoms with E-state index in [4.69, 9.17) is 14.2 Å². The molecule has 4 aromatic carbocycles. The van der Waals surface area contributed by atoms with Crippen LogP contribution in [0.5, 0.6) is 17.2 Å². The number of benzene rings is 4. The van der Waals surface area contributed by atoms with Gasteiger partial charge in [0.05, 0.1) is 24.1 Å². The van der Waals surface area contributed by atoms with Gasteiger partial charge in [-0.15, -0.1) is 0 Å². The number of methoxy groups -OCH3 is 1. The van der Waals surface area contributed by atoms with Crippen LogP contribution >= 0.6 is 11.8 Å². The van der Waals surface area contributed by atoms with E-state index in [0.717, 1.165) is 28.1 Å². The molecule has 8 heteroatoms. The second-order valence-corrected chi connectivity index (χ2v) is 9.82. The molecule has 0 unspecified atom stereocenters. The van der Waals surface area contributed by atoms with E-state index in [1.165, 1.54) is 12.0 Å². The molecular formula is C31H25NO6S. The summed E-state index contributed by atoms with van der Waals surface area (Å²) in [6, 6.07) is 25.6. The lowest BCUT2D eigenvalue weighted by molar-refractivity contribution is -0.123. The highest BCUT2D eigenvalue weighted by Crippen LogP contribution is 2.35. The number of thioether (sulfide) groups is 1. The molecule has 39 heavy (non-hydrogen) atoms. The van der Waals surface area contributed by atoms with Crippen LogP contribution in [0.3, 0.4) is 0 Å². The molecule has 0 radical (unpaired) electrons. The zero-order valence-corrected chi connectivity index (χ0v) is 22.2. The average Bonchev–Trinajstić information content (AvgIpc) is 3.21. The smallest absolute Gasteiger partial charge is 0.343 e. The monoisotopic (exact) mass is 539 g/mol. The predicted molar refractivity (Wildman–Crippen MR) is 151 cm³/mol. The van der Waals surface area contributed by atoms with E-state index >= 15 is 0 Å². The van der Waals surface area contributed by atoms with Crippen LogP contribution in [-0.4, -0.2) is 42.3 Å². The van der Waals surface area contributed by atoms with Crippen LogP contribution < -0.4 is 14.2 Å². The molecule has 0 spiro atoms. The van der Waals surface area contributed by atoms with Crippen LogP contribution in [0.15, 0.2) is 89.8 Å². The molecule has 0 aromatic heterocycles. The Bertz CT molecular complexity index is 1590. The summed E-state index contributed by atoms with van der Waals surface area (Å²) in [5, 5.41) is 1.65. The molecule has 2 amide bonds. The largest absolute Gasteiger partial charge is 0.493 e. The first kappa shape index (κ1) is 26.1. The van der Waals surface area contributed by atoms with Crippen molar-refractivity contribution in [3.8, 4) is 17.2 Å². The van der Waals surface area contributed by atoms with Crippen molar-refractivity contribution < 1.29 is 28.6 Å². The first-order valence-electron chi connectivity index (χ1n) is 12.3. The lowest BCUT2D eigenvalue weighted by Gasteiger charge is -2.14. The Kier molecular flexibility index (Phi) is 7.65. The van der Waals surface area contributed by atoms with Crippen molar-refractivity contribution in [1.82, 2.24) is 4.90 Å². The molecule has 1 saturated heterocycles. The Labute approximate surface area is 230 Å². The quantitative estimate of drug-likeness (QED) is 0.144. The molecule has 1 aliphatic rings. The number of ether oxygens (including phenoxy) is 3. The van der Waals surface area contributed by atoms with Gasteiger partial charge in [-0.2, -0.15) is 0 Å². The highest BCUT2D eigenvalue weighted by molar-refractivity contribution is 8.18. The maximum atomic E-state index is 13.0. The Balaban J connectivity index is 1.28. The fourth-order valence-electron chi connectivity index (χ4n) is 4.12. The molecule has 0 aliphatic carbocycles. The second kappa shape index (κ2) is 11.4. The van der Waals surface area contributed by atoms with Gasteiger partial charge in [0, 0.05) is 5.39 Å². The Morgan fingerprint density at radius 3 is 2.46 bits per heavy atom. The highest BCUT2D eigenvalue weighted by Gasteiger charge is 2.35. The summed E-state index contributed by atoms with van der Waals surface area (Å²) in [5.74, 6) is 0.338. The number of hydrogen-bond donors (Lipinski definition) is 0. The number of aryl methyl sites for hydroxylation is 1. The number of imide groups is 1. The Morgan fingerprint density at radius 2 is 1.67 bits per heavy atom.